The van der Waals surface area contributed by atoms with Crippen LogP contribution in [0.3, 0.4) is 0 Å². The van der Waals surface area contributed by atoms with E-state index < -0.39 is 17.9 Å². The number of pyridine rings is 1. The largest absolute Gasteiger partial charge is 0.480 e. The lowest BCUT2D eigenvalue weighted by Crippen LogP contribution is -2.41. The number of aromatic nitrogens is 1. The Morgan fingerprint density at radius 1 is 1.50 bits per heavy atom. The third kappa shape index (κ3) is 4.73. The molecule has 1 heterocycles. The van der Waals surface area contributed by atoms with Crippen molar-refractivity contribution < 1.29 is 14.7 Å². The fourth-order valence-corrected chi connectivity index (χ4v) is 2.01. The van der Waals surface area contributed by atoms with Gasteiger partial charge in [-0.15, -0.1) is 0 Å². The van der Waals surface area contributed by atoms with Crippen molar-refractivity contribution in [3.8, 4) is 0 Å². The number of anilines is 1. The van der Waals surface area contributed by atoms with Crippen LogP contribution in [0.1, 0.15) is 16.8 Å². The topological polar surface area (TPSA) is 82.5 Å². The van der Waals surface area contributed by atoms with Crippen LogP contribution in [-0.4, -0.2) is 54.1 Å². The van der Waals surface area contributed by atoms with Crippen molar-refractivity contribution in [3.05, 3.63) is 23.9 Å². The molecule has 1 aromatic rings. The molecular formula is C13H19N3O3S. The van der Waals surface area contributed by atoms with Gasteiger partial charge in [0, 0.05) is 25.9 Å². The number of carboxylic acids is 1. The minimum atomic E-state index is -1.02. The van der Waals surface area contributed by atoms with Crippen LogP contribution >= 0.6 is 11.8 Å². The van der Waals surface area contributed by atoms with Crippen molar-refractivity contribution in [2.24, 2.45) is 0 Å². The van der Waals surface area contributed by atoms with Crippen LogP contribution in [0.25, 0.3) is 0 Å². The number of nitrogens with one attached hydrogen (secondary N) is 1. The Morgan fingerprint density at radius 3 is 2.75 bits per heavy atom. The van der Waals surface area contributed by atoms with E-state index in [4.69, 9.17) is 5.11 Å². The highest BCUT2D eigenvalue weighted by Gasteiger charge is 2.20. The first-order chi connectivity index (χ1) is 9.45. The molecule has 0 aliphatic carbocycles. The van der Waals surface area contributed by atoms with Crippen LogP contribution in [0, 0.1) is 0 Å². The van der Waals surface area contributed by atoms with Crippen LogP contribution in [-0.2, 0) is 4.79 Å². The number of hydrogen-bond donors (Lipinski definition) is 2. The van der Waals surface area contributed by atoms with E-state index in [1.807, 2.05) is 20.4 Å². The summed E-state index contributed by atoms with van der Waals surface area (Å²) in [5.74, 6) is -0.0942. The summed E-state index contributed by atoms with van der Waals surface area (Å²) >= 11 is 1.55. The Bertz CT molecular complexity index is 480. The Hall–Kier alpha value is -1.76. The van der Waals surface area contributed by atoms with Crippen LogP contribution in [0.2, 0.25) is 0 Å². The van der Waals surface area contributed by atoms with Crippen molar-refractivity contribution in [1.29, 1.82) is 0 Å². The molecule has 1 atom stereocenters. The van der Waals surface area contributed by atoms with E-state index in [1.54, 1.807) is 28.8 Å². The van der Waals surface area contributed by atoms with Crippen molar-refractivity contribution in [3.63, 3.8) is 0 Å². The molecule has 1 unspecified atom stereocenters. The van der Waals surface area contributed by atoms with Crippen molar-refractivity contribution >= 4 is 29.5 Å². The number of amides is 1. The van der Waals surface area contributed by atoms with Gasteiger partial charge < -0.3 is 15.3 Å². The average Bonchev–Trinajstić information content (AvgIpc) is 2.42. The van der Waals surface area contributed by atoms with Crippen molar-refractivity contribution in [2.75, 3.05) is 31.0 Å². The number of rotatable bonds is 7. The molecule has 0 aliphatic heterocycles. The number of carbonyl (C=O) groups excluding carboxylic acids is 1. The van der Waals surface area contributed by atoms with Gasteiger partial charge in [-0.3, -0.25) is 4.79 Å². The van der Waals surface area contributed by atoms with Gasteiger partial charge in [0.15, 0.2) is 0 Å². The smallest absolute Gasteiger partial charge is 0.326 e. The molecule has 0 saturated carbocycles. The molecule has 2 N–H and O–H groups in total. The number of carbonyl (C=O) groups is 2. The first kappa shape index (κ1) is 16.3. The molecule has 0 fully saturated rings. The average molecular weight is 297 g/mol. The molecular weight excluding hydrogens is 278 g/mol. The summed E-state index contributed by atoms with van der Waals surface area (Å²) in [7, 11) is 3.64. The van der Waals surface area contributed by atoms with Gasteiger partial charge in [-0.25, -0.2) is 9.78 Å². The number of aliphatic carboxylic acids is 1. The van der Waals surface area contributed by atoms with E-state index in [9.17, 15) is 9.59 Å². The van der Waals surface area contributed by atoms with E-state index >= 15 is 0 Å². The molecule has 0 spiro atoms. The van der Waals surface area contributed by atoms with Gasteiger partial charge in [0.2, 0.25) is 0 Å². The fraction of sp³-hybridized carbons (Fsp3) is 0.462. The van der Waals surface area contributed by atoms with Gasteiger partial charge in [0.1, 0.15) is 11.9 Å². The van der Waals surface area contributed by atoms with Gasteiger partial charge >= 0.3 is 5.97 Å². The second kappa shape index (κ2) is 7.74. The molecule has 0 saturated heterocycles. The van der Waals surface area contributed by atoms with Crippen LogP contribution in [0.5, 0.6) is 0 Å². The van der Waals surface area contributed by atoms with Crippen molar-refractivity contribution in [1.82, 2.24) is 10.3 Å². The lowest BCUT2D eigenvalue weighted by Gasteiger charge is -2.15. The molecule has 6 nitrogen and oxygen atoms in total. The quantitative estimate of drug-likeness (QED) is 0.784. The second-order valence-electron chi connectivity index (χ2n) is 4.44. The minimum absolute atomic E-state index is 0.397. The highest BCUT2D eigenvalue weighted by Crippen LogP contribution is 2.10. The predicted octanol–water partition coefficient (Wildman–Crippen LogP) is 1.08. The molecule has 0 aromatic carbocycles. The first-order valence-electron chi connectivity index (χ1n) is 6.11. The Balaban J connectivity index is 2.78. The normalized spacial score (nSPS) is 11.8. The summed E-state index contributed by atoms with van der Waals surface area (Å²) in [5, 5.41) is 11.6. The zero-order valence-electron chi connectivity index (χ0n) is 11.8. The zero-order valence-corrected chi connectivity index (χ0v) is 12.6. The second-order valence-corrected chi connectivity index (χ2v) is 5.43. The maximum absolute atomic E-state index is 12.1. The van der Waals surface area contributed by atoms with Crippen molar-refractivity contribution in [2.45, 2.75) is 12.5 Å². The molecule has 7 heteroatoms. The molecule has 110 valence electrons. The highest BCUT2D eigenvalue weighted by atomic mass is 32.2. The molecule has 1 aromatic heterocycles. The van der Waals surface area contributed by atoms with Gasteiger partial charge in [0.25, 0.3) is 5.91 Å². The van der Waals surface area contributed by atoms with E-state index in [0.29, 0.717) is 23.6 Å². The Labute approximate surface area is 122 Å². The summed E-state index contributed by atoms with van der Waals surface area (Å²) in [5.41, 5.74) is 0.402. The predicted molar refractivity (Wildman–Crippen MR) is 80.5 cm³/mol. The van der Waals surface area contributed by atoms with E-state index in [1.165, 1.54) is 6.20 Å². The standard InChI is InChI=1S/C13H19N3O3S/c1-16(2)11-8-9(4-6-14-11)12(17)15-10(13(18)19)5-7-20-3/h4,6,8,10H,5,7H2,1-3H3,(H,15,17)(H,18,19). The number of nitrogens with zero attached hydrogens (tertiary/aromatic N) is 2. The van der Waals surface area contributed by atoms with Gasteiger partial charge in [-0.2, -0.15) is 11.8 Å². The fourth-order valence-electron chi connectivity index (χ4n) is 1.54. The van der Waals surface area contributed by atoms with Crippen LogP contribution in [0.4, 0.5) is 5.82 Å². The van der Waals surface area contributed by atoms with Gasteiger partial charge in [-0.05, 0) is 30.6 Å². The molecule has 0 aliphatic rings. The van der Waals surface area contributed by atoms with E-state index in [0.717, 1.165) is 0 Å². The Morgan fingerprint density at radius 2 is 2.20 bits per heavy atom. The lowest BCUT2D eigenvalue weighted by molar-refractivity contribution is -0.139. The van der Waals surface area contributed by atoms with Gasteiger partial charge in [-0.1, -0.05) is 0 Å². The molecule has 1 rings (SSSR count). The summed E-state index contributed by atoms with van der Waals surface area (Å²) < 4.78 is 0. The monoisotopic (exact) mass is 297 g/mol. The van der Waals surface area contributed by atoms with Crippen LogP contribution in [0.15, 0.2) is 18.3 Å². The third-order valence-electron chi connectivity index (χ3n) is 2.68. The van der Waals surface area contributed by atoms with E-state index in [2.05, 4.69) is 10.3 Å². The molecule has 0 bridgehead atoms. The van der Waals surface area contributed by atoms with E-state index in [-0.39, 0.29) is 0 Å². The summed E-state index contributed by atoms with van der Waals surface area (Å²) in [6.45, 7) is 0. The molecule has 20 heavy (non-hydrogen) atoms. The molecule has 0 radical (unpaired) electrons. The van der Waals surface area contributed by atoms with Crippen LogP contribution < -0.4 is 10.2 Å². The SMILES string of the molecule is CSCCC(NC(=O)c1ccnc(N(C)C)c1)C(=O)O. The third-order valence-corrected chi connectivity index (χ3v) is 3.32. The molecule has 1 amide bonds. The number of thioether (sulfide) groups is 1. The zero-order chi connectivity index (χ0) is 15.1. The number of carboxylic acid groups (broad SMARTS) is 1. The summed E-state index contributed by atoms with van der Waals surface area (Å²) in [4.78, 5) is 29.1. The maximum atomic E-state index is 12.1. The lowest BCUT2D eigenvalue weighted by atomic mass is 10.2. The summed E-state index contributed by atoms with van der Waals surface area (Å²) in [6.07, 6.45) is 3.82. The summed E-state index contributed by atoms with van der Waals surface area (Å²) in [6, 6.07) is 2.32. The first-order valence-corrected chi connectivity index (χ1v) is 7.51. The Kier molecular flexibility index (Phi) is 6.30. The maximum Gasteiger partial charge on any atom is 0.326 e. The minimum Gasteiger partial charge on any atom is -0.480 e. The highest BCUT2D eigenvalue weighted by molar-refractivity contribution is 7.98. The number of hydrogen-bond acceptors (Lipinski definition) is 5. The van der Waals surface area contributed by atoms with Gasteiger partial charge in [0.05, 0.1) is 0 Å².